The lowest BCUT2D eigenvalue weighted by atomic mass is 9.73. The highest BCUT2D eigenvalue weighted by Gasteiger charge is 2.39. The van der Waals surface area contributed by atoms with Crippen LogP contribution in [0.4, 0.5) is 10.6 Å². The average Bonchev–Trinajstić information content (AvgIpc) is 3.38. The van der Waals surface area contributed by atoms with E-state index in [1.54, 1.807) is 24.1 Å². The molecule has 0 bridgehead atoms. The van der Waals surface area contributed by atoms with Crippen LogP contribution in [0.15, 0.2) is 24.4 Å². The predicted molar refractivity (Wildman–Crippen MR) is 120 cm³/mol. The fourth-order valence-corrected chi connectivity index (χ4v) is 4.65. The van der Waals surface area contributed by atoms with E-state index in [1.807, 2.05) is 19.1 Å². The van der Waals surface area contributed by atoms with Gasteiger partial charge in [-0.25, -0.2) is 19.4 Å². The van der Waals surface area contributed by atoms with Crippen LogP contribution in [0.2, 0.25) is 0 Å². The summed E-state index contributed by atoms with van der Waals surface area (Å²) in [6.07, 6.45) is 3.94. The zero-order valence-corrected chi connectivity index (χ0v) is 18.5. The molecule has 170 valence electrons. The van der Waals surface area contributed by atoms with Crippen molar-refractivity contribution in [1.82, 2.24) is 19.7 Å². The van der Waals surface area contributed by atoms with Gasteiger partial charge in [-0.05, 0) is 37.5 Å². The van der Waals surface area contributed by atoms with Gasteiger partial charge in [-0.3, -0.25) is 5.32 Å². The smallest absolute Gasteiger partial charge is 0.317 e. The van der Waals surface area contributed by atoms with Crippen molar-refractivity contribution in [3.63, 3.8) is 0 Å². The molecule has 0 aromatic carbocycles. The molecule has 1 saturated carbocycles. The SMILES string of the molecule is CO[C@]1(c2cc(C)cc(-n3nc(C4CC(C#N)C4)c4cnc(NC(N)=O)cc43)n2)CCOC1. The molecule has 3 aromatic heterocycles. The Balaban J connectivity index is 1.65. The van der Waals surface area contributed by atoms with Crippen LogP contribution in [0.5, 0.6) is 0 Å². The second kappa shape index (κ2) is 8.10. The number of hydrogen-bond donors (Lipinski definition) is 2. The van der Waals surface area contributed by atoms with E-state index in [4.69, 9.17) is 25.3 Å². The number of methoxy groups -OCH3 is 1. The van der Waals surface area contributed by atoms with Crippen molar-refractivity contribution in [1.29, 1.82) is 5.26 Å². The van der Waals surface area contributed by atoms with Gasteiger partial charge in [0.2, 0.25) is 0 Å². The van der Waals surface area contributed by atoms with Gasteiger partial charge in [-0.1, -0.05) is 0 Å². The molecule has 1 aliphatic heterocycles. The van der Waals surface area contributed by atoms with Crippen LogP contribution in [-0.2, 0) is 15.1 Å². The third-order valence-electron chi connectivity index (χ3n) is 6.57. The van der Waals surface area contributed by atoms with Crippen molar-refractivity contribution < 1.29 is 14.3 Å². The number of nitrogens with zero attached hydrogens (tertiary/aromatic N) is 5. The van der Waals surface area contributed by atoms with E-state index >= 15 is 0 Å². The number of nitrogens with one attached hydrogen (secondary N) is 1. The minimum absolute atomic E-state index is 0.0478. The quantitative estimate of drug-likeness (QED) is 0.612. The maximum Gasteiger partial charge on any atom is 0.317 e. The van der Waals surface area contributed by atoms with Crippen molar-refractivity contribution in [2.75, 3.05) is 25.6 Å². The molecule has 1 saturated heterocycles. The summed E-state index contributed by atoms with van der Waals surface area (Å²) in [6, 6.07) is 7.35. The number of hydrogen-bond acceptors (Lipinski definition) is 7. The molecular weight excluding hydrogens is 422 g/mol. The van der Waals surface area contributed by atoms with Crippen LogP contribution < -0.4 is 11.1 Å². The van der Waals surface area contributed by atoms with Crippen LogP contribution >= 0.6 is 0 Å². The first kappa shape index (κ1) is 21.3. The molecule has 2 aliphatic rings. The molecule has 1 aliphatic carbocycles. The van der Waals surface area contributed by atoms with Crippen LogP contribution in [0.25, 0.3) is 16.7 Å². The second-order valence-corrected chi connectivity index (χ2v) is 8.76. The minimum atomic E-state index is -0.691. The number of aryl methyl sites for hydroxylation is 1. The van der Waals surface area contributed by atoms with E-state index < -0.39 is 11.6 Å². The fraction of sp³-hybridized carbons (Fsp3) is 0.435. The Hall–Kier alpha value is -3.55. The van der Waals surface area contributed by atoms with Crippen molar-refractivity contribution in [2.45, 2.75) is 37.7 Å². The number of aromatic nitrogens is 4. The number of pyridine rings is 2. The summed E-state index contributed by atoms with van der Waals surface area (Å²) in [4.78, 5) is 20.6. The van der Waals surface area contributed by atoms with Gasteiger partial charge < -0.3 is 15.2 Å². The van der Waals surface area contributed by atoms with E-state index in [0.29, 0.717) is 24.8 Å². The molecule has 3 N–H and O–H groups in total. The highest BCUT2D eigenvalue weighted by molar-refractivity contribution is 5.91. The monoisotopic (exact) mass is 447 g/mol. The highest BCUT2D eigenvalue weighted by Crippen LogP contribution is 2.43. The van der Waals surface area contributed by atoms with Crippen LogP contribution in [0, 0.1) is 24.2 Å². The zero-order chi connectivity index (χ0) is 23.2. The Kier molecular flexibility index (Phi) is 5.23. The molecule has 4 heterocycles. The number of fused-ring (bicyclic) bond motifs is 1. The Morgan fingerprint density at radius 2 is 2.21 bits per heavy atom. The first-order valence-electron chi connectivity index (χ1n) is 10.9. The number of ether oxygens (including phenoxy) is 2. The van der Waals surface area contributed by atoms with Crippen molar-refractivity contribution in [3.8, 4) is 11.9 Å². The summed E-state index contributed by atoms with van der Waals surface area (Å²) in [5.41, 5.74) is 8.13. The van der Waals surface area contributed by atoms with Crippen molar-refractivity contribution in [2.24, 2.45) is 11.7 Å². The van der Waals surface area contributed by atoms with Gasteiger partial charge in [0.15, 0.2) is 5.82 Å². The van der Waals surface area contributed by atoms with E-state index in [0.717, 1.165) is 47.1 Å². The maximum atomic E-state index is 11.4. The molecule has 10 nitrogen and oxygen atoms in total. The van der Waals surface area contributed by atoms with Crippen molar-refractivity contribution >= 4 is 22.8 Å². The van der Waals surface area contributed by atoms with Crippen LogP contribution in [0.3, 0.4) is 0 Å². The van der Waals surface area contributed by atoms with E-state index in [2.05, 4.69) is 16.4 Å². The summed E-state index contributed by atoms with van der Waals surface area (Å²) in [5, 5.41) is 17.5. The van der Waals surface area contributed by atoms with E-state index in [-0.39, 0.29) is 11.8 Å². The summed E-state index contributed by atoms with van der Waals surface area (Å²) >= 11 is 0. The highest BCUT2D eigenvalue weighted by atomic mass is 16.5. The maximum absolute atomic E-state index is 11.4. The van der Waals surface area contributed by atoms with Crippen LogP contribution in [0.1, 0.15) is 42.1 Å². The van der Waals surface area contributed by atoms with Gasteiger partial charge in [0.25, 0.3) is 0 Å². The summed E-state index contributed by atoms with van der Waals surface area (Å²) in [5.74, 6) is 1.19. The number of nitriles is 1. The van der Waals surface area contributed by atoms with Gasteiger partial charge >= 0.3 is 6.03 Å². The standard InChI is InChI=1S/C23H25N7O3/c1-13-5-18(23(32-2)3-4-33-12-23)27-20(6-13)30-17-9-19(28-22(25)31)26-11-16(17)21(29-30)15-7-14(8-15)10-24/h5-6,9,11,14-15H,3-4,7-8,12H2,1-2H3,(H3,25,26,28,31)/t14?,15?,23-/m1/s1. The van der Waals surface area contributed by atoms with E-state index in [9.17, 15) is 10.1 Å². The Labute approximate surface area is 190 Å². The molecule has 2 fully saturated rings. The van der Waals surface area contributed by atoms with Gasteiger partial charge in [-0.15, -0.1) is 0 Å². The predicted octanol–water partition coefficient (Wildman–Crippen LogP) is 2.89. The summed E-state index contributed by atoms with van der Waals surface area (Å²) < 4.78 is 13.2. The second-order valence-electron chi connectivity index (χ2n) is 8.76. The molecule has 3 aromatic rings. The van der Waals surface area contributed by atoms with Gasteiger partial charge in [0, 0.05) is 49.6 Å². The molecule has 33 heavy (non-hydrogen) atoms. The normalized spacial score (nSPS) is 24.4. The third-order valence-corrected chi connectivity index (χ3v) is 6.57. The topological polar surface area (TPSA) is 141 Å². The number of primary amides is 1. The first-order chi connectivity index (χ1) is 15.9. The molecule has 0 spiro atoms. The van der Waals surface area contributed by atoms with Gasteiger partial charge in [0.1, 0.15) is 11.4 Å². The first-order valence-corrected chi connectivity index (χ1v) is 10.9. The molecular formula is C23H25N7O3. The summed E-state index contributed by atoms with van der Waals surface area (Å²) in [6.45, 7) is 3.06. The average molecular weight is 447 g/mol. The molecule has 0 radical (unpaired) electrons. The number of anilines is 1. The zero-order valence-electron chi connectivity index (χ0n) is 18.5. The molecule has 10 heteroatoms. The van der Waals surface area contributed by atoms with Gasteiger partial charge in [-0.2, -0.15) is 10.4 Å². The number of urea groups is 1. The Morgan fingerprint density at radius 3 is 2.88 bits per heavy atom. The third kappa shape index (κ3) is 3.69. The summed E-state index contributed by atoms with van der Waals surface area (Å²) in [7, 11) is 1.68. The molecule has 0 unspecified atom stereocenters. The number of amides is 2. The van der Waals surface area contributed by atoms with Crippen LogP contribution in [-0.4, -0.2) is 46.1 Å². The lowest BCUT2D eigenvalue weighted by molar-refractivity contribution is -0.0246. The molecule has 1 atom stereocenters. The fourth-order valence-electron chi connectivity index (χ4n) is 4.65. The largest absolute Gasteiger partial charge is 0.378 e. The van der Waals surface area contributed by atoms with E-state index in [1.165, 1.54) is 0 Å². The lowest BCUT2D eigenvalue weighted by Crippen LogP contribution is -2.30. The number of carbonyl (C=O) groups is 1. The van der Waals surface area contributed by atoms with Crippen molar-refractivity contribution in [3.05, 3.63) is 41.3 Å². The number of rotatable bonds is 5. The number of carbonyl (C=O) groups excluding carboxylic acids is 1. The minimum Gasteiger partial charge on any atom is -0.378 e. The Bertz CT molecular complexity index is 1270. The lowest BCUT2D eigenvalue weighted by Gasteiger charge is -2.29. The molecule has 5 rings (SSSR count). The molecule has 2 amide bonds. The Morgan fingerprint density at radius 1 is 1.39 bits per heavy atom. The van der Waals surface area contributed by atoms with Gasteiger partial charge in [0.05, 0.1) is 29.6 Å². The number of nitrogens with two attached hydrogens (primary N) is 1.